The molecule has 1 rings (SSSR count). The molecule has 96 valence electrons. The van der Waals surface area contributed by atoms with Crippen molar-refractivity contribution in [3.8, 4) is 0 Å². The molecule has 1 unspecified atom stereocenters. The lowest BCUT2D eigenvalue weighted by Crippen LogP contribution is -2.44. The molecule has 0 spiro atoms. The minimum atomic E-state index is 0.741. The Kier molecular flexibility index (Phi) is 6.37. The maximum absolute atomic E-state index is 3.72. The quantitative estimate of drug-likeness (QED) is 0.650. The SMILES string of the molecule is CCCNC(CN(C)C(CC)CC)C1CC1. The molecule has 0 aromatic heterocycles. The van der Waals surface area contributed by atoms with Crippen LogP contribution in [0.25, 0.3) is 0 Å². The maximum Gasteiger partial charge on any atom is 0.0223 e. The van der Waals surface area contributed by atoms with Crippen LogP contribution in [-0.2, 0) is 0 Å². The van der Waals surface area contributed by atoms with E-state index in [0.717, 1.165) is 18.0 Å². The molecule has 0 amide bonds. The average Bonchev–Trinajstić information content (AvgIpc) is 3.09. The predicted molar refractivity (Wildman–Crippen MR) is 71.8 cm³/mol. The lowest BCUT2D eigenvalue weighted by molar-refractivity contribution is 0.197. The van der Waals surface area contributed by atoms with Crippen LogP contribution in [0.15, 0.2) is 0 Å². The Hall–Kier alpha value is -0.0800. The van der Waals surface area contributed by atoms with Crippen molar-refractivity contribution in [3.63, 3.8) is 0 Å². The van der Waals surface area contributed by atoms with Gasteiger partial charge in [0.2, 0.25) is 0 Å². The Bertz CT molecular complexity index is 174. The number of hydrogen-bond acceptors (Lipinski definition) is 2. The Morgan fingerprint density at radius 1 is 1.19 bits per heavy atom. The van der Waals surface area contributed by atoms with Gasteiger partial charge >= 0.3 is 0 Å². The van der Waals surface area contributed by atoms with Gasteiger partial charge in [-0.1, -0.05) is 20.8 Å². The standard InChI is InChI=1S/C14H30N2/c1-5-10-15-14(12-8-9-12)11-16(4)13(6-2)7-3/h12-15H,5-11H2,1-4H3. The number of nitrogens with one attached hydrogen (secondary N) is 1. The van der Waals surface area contributed by atoms with Crippen LogP contribution in [0.3, 0.4) is 0 Å². The van der Waals surface area contributed by atoms with Crippen LogP contribution >= 0.6 is 0 Å². The first-order chi connectivity index (χ1) is 7.72. The normalized spacial score (nSPS) is 18.4. The van der Waals surface area contributed by atoms with E-state index < -0.39 is 0 Å². The molecule has 0 aromatic carbocycles. The third-order valence-electron chi connectivity index (χ3n) is 3.90. The van der Waals surface area contributed by atoms with Crippen molar-refractivity contribution >= 4 is 0 Å². The molecule has 0 heterocycles. The van der Waals surface area contributed by atoms with Crippen LogP contribution in [0, 0.1) is 5.92 Å². The molecule has 0 aromatic rings. The highest BCUT2D eigenvalue weighted by Crippen LogP contribution is 2.33. The first-order valence-corrected chi connectivity index (χ1v) is 7.16. The summed E-state index contributed by atoms with van der Waals surface area (Å²) in [7, 11) is 2.29. The third-order valence-corrected chi connectivity index (χ3v) is 3.90. The van der Waals surface area contributed by atoms with Gasteiger partial charge in [-0.25, -0.2) is 0 Å². The minimum Gasteiger partial charge on any atom is -0.312 e. The van der Waals surface area contributed by atoms with E-state index in [4.69, 9.17) is 0 Å². The topological polar surface area (TPSA) is 15.3 Å². The minimum absolute atomic E-state index is 0.741. The van der Waals surface area contributed by atoms with Crippen molar-refractivity contribution in [2.45, 2.75) is 65.0 Å². The number of hydrogen-bond donors (Lipinski definition) is 1. The van der Waals surface area contributed by atoms with Crippen molar-refractivity contribution in [1.29, 1.82) is 0 Å². The molecule has 0 aliphatic heterocycles. The van der Waals surface area contributed by atoms with Gasteiger partial charge < -0.3 is 10.2 Å². The smallest absolute Gasteiger partial charge is 0.0223 e. The molecule has 0 radical (unpaired) electrons. The Morgan fingerprint density at radius 3 is 2.25 bits per heavy atom. The zero-order chi connectivity index (χ0) is 12.0. The second kappa shape index (κ2) is 7.29. The molecule has 0 saturated heterocycles. The molecular weight excluding hydrogens is 196 g/mol. The van der Waals surface area contributed by atoms with Gasteiger partial charge in [-0.05, 0) is 51.6 Å². The summed E-state index contributed by atoms with van der Waals surface area (Å²) in [5.41, 5.74) is 0. The monoisotopic (exact) mass is 226 g/mol. The molecule has 1 fully saturated rings. The van der Waals surface area contributed by atoms with Gasteiger partial charge in [0.05, 0.1) is 0 Å². The van der Waals surface area contributed by atoms with E-state index in [-0.39, 0.29) is 0 Å². The van der Waals surface area contributed by atoms with Crippen LogP contribution in [-0.4, -0.2) is 37.1 Å². The van der Waals surface area contributed by atoms with Gasteiger partial charge in [0, 0.05) is 18.6 Å². The second-order valence-electron chi connectivity index (χ2n) is 5.31. The number of likely N-dealkylation sites (N-methyl/N-ethyl adjacent to an activating group) is 1. The van der Waals surface area contributed by atoms with Crippen LogP contribution < -0.4 is 5.32 Å². The molecule has 2 nitrogen and oxygen atoms in total. The van der Waals surface area contributed by atoms with E-state index >= 15 is 0 Å². The van der Waals surface area contributed by atoms with Crippen molar-refractivity contribution in [2.24, 2.45) is 5.92 Å². The fourth-order valence-corrected chi connectivity index (χ4v) is 2.58. The van der Waals surface area contributed by atoms with Crippen molar-refractivity contribution in [3.05, 3.63) is 0 Å². The summed E-state index contributed by atoms with van der Waals surface area (Å²) in [6.45, 7) is 9.27. The van der Waals surface area contributed by atoms with E-state index in [1.807, 2.05) is 0 Å². The molecule has 1 aliphatic carbocycles. The first kappa shape index (κ1) is 14.0. The molecule has 2 heteroatoms. The van der Waals surface area contributed by atoms with E-state index in [1.54, 1.807) is 0 Å². The zero-order valence-corrected chi connectivity index (χ0v) is 11.6. The fourth-order valence-electron chi connectivity index (χ4n) is 2.58. The second-order valence-corrected chi connectivity index (χ2v) is 5.31. The maximum atomic E-state index is 3.72. The third kappa shape index (κ3) is 4.42. The van der Waals surface area contributed by atoms with Gasteiger partial charge in [-0.2, -0.15) is 0 Å². The van der Waals surface area contributed by atoms with Gasteiger partial charge in [-0.15, -0.1) is 0 Å². The molecule has 1 aliphatic rings. The average molecular weight is 226 g/mol. The van der Waals surface area contributed by atoms with Gasteiger partial charge in [0.1, 0.15) is 0 Å². The first-order valence-electron chi connectivity index (χ1n) is 7.16. The number of nitrogens with zero attached hydrogens (tertiary/aromatic N) is 1. The van der Waals surface area contributed by atoms with E-state index in [9.17, 15) is 0 Å². The summed E-state index contributed by atoms with van der Waals surface area (Å²) < 4.78 is 0. The Labute approximate surface area is 102 Å². The largest absolute Gasteiger partial charge is 0.312 e. The molecule has 0 bridgehead atoms. The van der Waals surface area contributed by atoms with E-state index in [0.29, 0.717) is 0 Å². The summed E-state index contributed by atoms with van der Waals surface area (Å²) in [5, 5.41) is 3.72. The zero-order valence-electron chi connectivity index (χ0n) is 11.6. The van der Waals surface area contributed by atoms with E-state index in [2.05, 4.69) is 38.0 Å². The van der Waals surface area contributed by atoms with Crippen molar-refractivity contribution in [2.75, 3.05) is 20.1 Å². The summed E-state index contributed by atoms with van der Waals surface area (Å²) in [6.07, 6.45) is 6.69. The highest BCUT2D eigenvalue weighted by molar-refractivity contribution is 4.88. The molecule has 1 N–H and O–H groups in total. The van der Waals surface area contributed by atoms with Gasteiger partial charge in [0.25, 0.3) is 0 Å². The Balaban J connectivity index is 2.34. The highest BCUT2D eigenvalue weighted by Gasteiger charge is 2.31. The summed E-state index contributed by atoms with van der Waals surface area (Å²) in [6, 6.07) is 1.51. The van der Waals surface area contributed by atoms with Crippen LogP contribution in [0.1, 0.15) is 52.9 Å². The summed E-state index contributed by atoms with van der Waals surface area (Å²) in [4.78, 5) is 2.56. The summed E-state index contributed by atoms with van der Waals surface area (Å²) >= 11 is 0. The van der Waals surface area contributed by atoms with Crippen LogP contribution in [0.2, 0.25) is 0 Å². The summed E-state index contributed by atoms with van der Waals surface area (Å²) in [5.74, 6) is 0.961. The fraction of sp³-hybridized carbons (Fsp3) is 1.00. The van der Waals surface area contributed by atoms with E-state index in [1.165, 1.54) is 45.2 Å². The molecule has 1 saturated carbocycles. The molecular formula is C14H30N2. The van der Waals surface area contributed by atoms with Gasteiger partial charge in [-0.3, -0.25) is 0 Å². The molecule has 16 heavy (non-hydrogen) atoms. The van der Waals surface area contributed by atoms with Crippen molar-refractivity contribution < 1.29 is 0 Å². The highest BCUT2D eigenvalue weighted by atomic mass is 15.2. The lowest BCUT2D eigenvalue weighted by Gasteiger charge is -2.30. The Morgan fingerprint density at radius 2 is 1.81 bits per heavy atom. The predicted octanol–water partition coefficient (Wildman–Crippen LogP) is 2.89. The number of rotatable bonds is 9. The van der Waals surface area contributed by atoms with Gasteiger partial charge in [0.15, 0.2) is 0 Å². The molecule has 1 atom stereocenters. The van der Waals surface area contributed by atoms with Crippen molar-refractivity contribution in [1.82, 2.24) is 10.2 Å². The lowest BCUT2D eigenvalue weighted by atomic mass is 10.1. The van der Waals surface area contributed by atoms with Crippen LogP contribution in [0.5, 0.6) is 0 Å². The van der Waals surface area contributed by atoms with Crippen LogP contribution in [0.4, 0.5) is 0 Å².